The lowest BCUT2D eigenvalue weighted by Crippen LogP contribution is -2.36. The number of ether oxygens (including phenoxy) is 1. The molecule has 0 radical (unpaired) electrons. The summed E-state index contributed by atoms with van der Waals surface area (Å²) in [5.74, 6) is 1.62. The summed E-state index contributed by atoms with van der Waals surface area (Å²) >= 11 is 0. The molecular formula is C19H23NO. The summed E-state index contributed by atoms with van der Waals surface area (Å²) < 4.78 is 5.33. The highest BCUT2D eigenvalue weighted by Gasteiger charge is 2.27. The van der Waals surface area contributed by atoms with Gasteiger partial charge in [-0.2, -0.15) is 0 Å². The van der Waals surface area contributed by atoms with Gasteiger partial charge in [0.2, 0.25) is 0 Å². The number of methoxy groups -OCH3 is 1. The lowest BCUT2D eigenvalue weighted by atomic mass is 9.91. The molecule has 0 saturated carbocycles. The van der Waals surface area contributed by atoms with Crippen molar-refractivity contribution in [2.75, 3.05) is 14.2 Å². The monoisotopic (exact) mass is 281 g/mol. The Labute approximate surface area is 127 Å². The number of hydrogen-bond acceptors (Lipinski definition) is 2. The molecule has 2 nitrogen and oxygen atoms in total. The van der Waals surface area contributed by atoms with Crippen LogP contribution in [0.15, 0.2) is 48.5 Å². The van der Waals surface area contributed by atoms with E-state index in [2.05, 4.69) is 54.8 Å². The number of nitrogens with one attached hydrogen (secondary N) is 1. The second kappa shape index (κ2) is 6.31. The molecule has 0 bridgehead atoms. The number of fused-ring (bicyclic) bond motifs is 1. The maximum atomic E-state index is 5.33. The summed E-state index contributed by atoms with van der Waals surface area (Å²) in [5, 5.41) is 3.52. The third-order valence-corrected chi connectivity index (χ3v) is 4.61. The Balaban J connectivity index is 1.72. The first kappa shape index (κ1) is 14.2. The molecule has 0 amide bonds. The van der Waals surface area contributed by atoms with Gasteiger partial charge in [-0.3, -0.25) is 0 Å². The van der Waals surface area contributed by atoms with Gasteiger partial charge >= 0.3 is 0 Å². The van der Waals surface area contributed by atoms with E-state index in [4.69, 9.17) is 4.74 Å². The maximum absolute atomic E-state index is 5.33. The van der Waals surface area contributed by atoms with Crippen LogP contribution in [0, 0.1) is 5.92 Å². The van der Waals surface area contributed by atoms with Gasteiger partial charge in [-0.25, -0.2) is 0 Å². The molecule has 1 N–H and O–H groups in total. The SMILES string of the molecule is CNC(Cc1cccc(OC)c1)C1Cc2ccccc2C1. The zero-order valence-corrected chi connectivity index (χ0v) is 12.8. The average Bonchev–Trinajstić information content (AvgIpc) is 2.96. The predicted molar refractivity (Wildman–Crippen MR) is 86.9 cm³/mol. The van der Waals surface area contributed by atoms with Crippen molar-refractivity contribution < 1.29 is 4.74 Å². The molecule has 3 rings (SSSR count). The van der Waals surface area contributed by atoms with Crippen LogP contribution in [0.25, 0.3) is 0 Å². The van der Waals surface area contributed by atoms with Gasteiger partial charge in [-0.15, -0.1) is 0 Å². The summed E-state index contributed by atoms with van der Waals surface area (Å²) in [4.78, 5) is 0. The molecule has 0 spiro atoms. The minimum Gasteiger partial charge on any atom is -0.497 e. The van der Waals surface area contributed by atoms with Crippen LogP contribution in [-0.2, 0) is 19.3 Å². The minimum absolute atomic E-state index is 0.504. The second-order valence-electron chi connectivity index (χ2n) is 5.89. The van der Waals surface area contributed by atoms with Gasteiger partial charge in [-0.1, -0.05) is 36.4 Å². The molecule has 1 atom stereocenters. The molecule has 1 unspecified atom stereocenters. The van der Waals surface area contributed by atoms with E-state index >= 15 is 0 Å². The molecule has 110 valence electrons. The molecule has 2 aromatic carbocycles. The molecule has 0 aromatic heterocycles. The molecule has 0 fully saturated rings. The largest absolute Gasteiger partial charge is 0.497 e. The van der Waals surface area contributed by atoms with Gasteiger partial charge < -0.3 is 10.1 Å². The zero-order chi connectivity index (χ0) is 14.7. The molecule has 1 aliphatic rings. The molecule has 2 aromatic rings. The molecule has 1 aliphatic carbocycles. The third-order valence-electron chi connectivity index (χ3n) is 4.61. The fourth-order valence-corrected chi connectivity index (χ4v) is 3.44. The standard InChI is InChI=1S/C19H23NO/c1-20-19(11-14-6-5-9-18(10-14)21-2)17-12-15-7-3-4-8-16(15)13-17/h3-10,17,19-20H,11-13H2,1-2H3. The predicted octanol–water partition coefficient (Wildman–Crippen LogP) is 3.24. The zero-order valence-electron chi connectivity index (χ0n) is 12.8. The molecule has 0 saturated heterocycles. The van der Waals surface area contributed by atoms with Crippen LogP contribution >= 0.6 is 0 Å². The highest BCUT2D eigenvalue weighted by molar-refractivity contribution is 5.33. The van der Waals surface area contributed by atoms with Crippen molar-refractivity contribution >= 4 is 0 Å². The highest BCUT2D eigenvalue weighted by Crippen LogP contribution is 2.30. The molecule has 2 heteroatoms. The Morgan fingerprint density at radius 2 is 1.81 bits per heavy atom. The van der Waals surface area contributed by atoms with E-state index in [1.54, 1.807) is 7.11 Å². The first-order valence-corrected chi connectivity index (χ1v) is 7.67. The minimum atomic E-state index is 0.504. The normalized spacial score (nSPS) is 15.7. The van der Waals surface area contributed by atoms with Crippen LogP contribution in [0.1, 0.15) is 16.7 Å². The van der Waals surface area contributed by atoms with E-state index in [0.717, 1.165) is 12.2 Å². The van der Waals surface area contributed by atoms with Crippen molar-refractivity contribution in [3.05, 3.63) is 65.2 Å². The van der Waals surface area contributed by atoms with Crippen molar-refractivity contribution in [1.29, 1.82) is 0 Å². The van der Waals surface area contributed by atoms with E-state index in [1.165, 1.54) is 29.5 Å². The van der Waals surface area contributed by atoms with Gasteiger partial charge in [0, 0.05) is 6.04 Å². The van der Waals surface area contributed by atoms with Crippen molar-refractivity contribution in [2.45, 2.75) is 25.3 Å². The average molecular weight is 281 g/mol. The molecular weight excluding hydrogens is 258 g/mol. The second-order valence-corrected chi connectivity index (χ2v) is 5.89. The Morgan fingerprint density at radius 1 is 1.10 bits per heavy atom. The number of rotatable bonds is 5. The van der Waals surface area contributed by atoms with Crippen molar-refractivity contribution in [3.8, 4) is 5.75 Å². The van der Waals surface area contributed by atoms with E-state index in [9.17, 15) is 0 Å². The Kier molecular flexibility index (Phi) is 4.26. The van der Waals surface area contributed by atoms with Crippen molar-refractivity contribution in [3.63, 3.8) is 0 Å². The fourth-order valence-electron chi connectivity index (χ4n) is 3.44. The molecule has 0 heterocycles. The molecule has 21 heavy (non-hydrogen) atoms. The quantitative estimate of drug-likeness (QED) is 0.908. The van der Waals surface area contributed by atoms with Crippen LogP contribution in [-0.4, -0.2) is 20.2 Å². The number of hydrogen-bond donors (Lipinski definition) is 1. The fraction of sp³-hybridized carbons (Fsp3) is 0.368. The number of benzene rings is 2. The van der Waals surface area contributed by atoms with E-state index in [0.29, 0.717) is 12.0 Å². The summed E-state index contributed by atoms with van der Waals surface area (Å²) in [6.45, 7) is 0. The first-order chi connectivity index (χ1) is 10.3. The Bertz CT molecular complexity index is 583. The lowest BCUT2D eigenvalue weighted by Gasteiger charge is -2.23. The summed E-state index contributed by atoms with van der Waals surface area (Å²) in [5.41, 5.74) is 4.38. The Hall–Kier alpha value is -1.80. The van der Waals surface area contributed by atoms with Crippen LogP contribution in [0.3, 0.4) is 0 Å². The van der Waals surface area contributed by atoms with Gasteiger partial charge in [-0.05, 0) is 61.1 Å². The van der Waals surface area contributed by atoms with E-state index in [-0.39, 0.29) is 0 Å². The van der Waals surface area contributed by atoms with Crippen LogP contribution in [0.4, 0.5) is 0 Å². The smallest absolute Gasteiger partial charge is 0.119 e. The topological polar surface area (TPSA) is 21.3 Å². The molecule has 0 aliphatic heterocycles. The van der Waals surface area contributed by atoms with Crippen LogP contribution < -0.4 is 10.1 Å². The third kappa shape index (κ3) is 3.11. The van der Waals surface area contributed by atoms with Gasteiger partial charge in [0.15, 0.2) is 0 Å². The van der Waals surface area contributed by atoms with E-state index in [1.807, 2.05) is 6.07 Å². The van der Waals surface area contributed by atoms with Crippen LogP contribution in [0.2, 0.25) is 0 Å². The van der Waals surface area contributed by atoms with Gasteiger partial charge in [0.05, 0.1) is 7.11 Å². The first-order valence-electron chi connectivity index (χ1n) is 7.67. The van der Waals surface area contributed by atoms with Gasteiger partial charge in [0.1, 0.15) is 5.75 Å². The van der Waals surface area contributed by atoms with Crippen LogP contribution in [0.5, 0.6) is 5.75 Å². The van der Waals surface area contributed by atoms with Crippen molar-refractivity contribution in [2.24, 2.45) is 5.92 Å². The summed E-state index contributed by atoms with van der Waals surface area (Å²) in [7, 11) is 3.80. The number of likely N-dealkylation sites (N-methyl/N-ethyl adjacent to an activating group) is 1. The van der Waals surface area contributed by atoms with E-state index < -0.39 is 0 Å². The summed E-state index contributed by atoms with van der Waals surface area (Å²) in [6, 6.07) is 17.8. The Morgan fingerprint density at radius 3 is 2.43 bits per heavy atom. The maximum Gasteiger partial charge on any atom is 0.119 e. The highest BCUT2D eigenvalue weighted by atomic mass is 16.5. The lowest BCUT2D eigenvalue weighted by molar-refractivity contribution is 0.381. The van der Waals surface area contributed by atoms with Gasteiger partial charge in [0.25, 0.3) is 0 Å². The summed E-state index contributed by atoms with van der Waals surface area (Å²) in [6.07, 6.45) is 3.42. The van der Waals surface area contributed by atoms with Crippen molar-refractivity contribution in [1.82, 2.24) is 5.32 Å².